The molecule has 0 heterocycles. The number of oxime groups is 1. The Hall–Kier alpha value is -4.41. The van der Waals surface area contributed by atoms with Gasteiger partial charge in [0.25, 0.3) is 5.91 Å². The number of carbonyl (C=O) groups excluding carboxylic acids is 4. The number of amides is 1. The molecule has 198 valence electrons. The number of ether oxygens (including phenoxy) is 3. The molecule has 0 unspecified atom stereocenters. The number of hydrogen-bond donors (Lipinski definition) is 2. The minimum atomic E-state index is -0.980. The third-order valence-electron chi connectivity index (χ3n) is 4.99. The van der Waals surface area contributed by atoms with Gasteiger partial charge in [0.05, 0.1) is 19.3 Å². The Morgan fingerprint density at radius 1 is 0.892 bits per heavy atom. The minimum Gasteiger partial charge on any atom is -0.482 e. The van der Waals surface area contributed by atoms with Crippen molar-refractivity contribution in [3.8, 4) is 5.75 Å². The van der Waals surface area contributed by atoms with E-state index >= 15 is 0 Å². The second kappa shape index (κ2) is 14.9. The maximum absolute atomic E-state index is 12.8. The minimum absolute atomic E-state index is 0.0752. The van der Waals surface area contributed by atoms with E-state index in [1.807, 2.05) is 0 Å². The molecule has 0 radical (unpaired) electrons. The van der Waals surface area contributed by atoms with Crippen LogP contribution in [-0.2, 0) is 30.3 Å². The van der Waals surface area contributed by atoms with Crippen molar-refractivity contribution in [2.24, 2.45) is 10.9 Å². The molecule has 0 spiro atoms. The summed E-state index contributed by atoms with van der Waals surface area (Å²) in [6.45, 7) is 5.27. The standard InChI is InChI=1S/C26H31N3O8/c1-4-22(30)21(15-17-7-13-20(14-8-17)36-16-23(31)34-5-2)28-25(32)19-11-9-18(10-12-19)24(27)29-37-26(33)35-6-3/h7-14,21H,4-6,15-16H2,1-3H3,(H2,27,29)(H,28,32)/t21-/m1/s1. The highest BCUT2D eigenvalue weighted by molar-refractivity contribution is 6.00. The van der Waals surface area contributed by atoms with E-state index in [1.54, 1.807) is 45.0 Å². The number of ketones is 1. The normalized spacial score (nSPS) is 11.7. The summed E-state index contributed by atoms with van der Waals surface area (Å²) in [5, 5.41) is 6.27. The zero-order valence-corrected chi connectivity index (χ0v) is 21.0. The van der Waals surface area contributed by atoms with Gasteiger partial charge in [-0.2, -0.15) is 0 Å². The second-order valence-corrected chi connectivity index (χ2v) is 7.62. The van der Waals surface area contributed by atoms with Crippen LogP contribution in [0.1, 0.15) is 48.7 Å². The fourth-order valence-corrected chi connectivity index (χ4v) is 3.11. The molecule has 37 heavy (non-hydrogen) atoms. The average Bonchev–Trinajstić information content (AvgIpc) is 2.90. The topological polar surface area (TPSA) is 156 Å². The van der Waals surface area contributed by atoms with Crippen molar-refractivity contribution < 1.29 is 38.2 Å². The summed E-state index contributed by atoms with van der Waals surface area (Å²) in [5.74, 6) is -0.620. The molecule has 0 aromatic heterocycles. The predicted octanol–water partition coefficient (Wildman–Crippen LogP) is 2.74. The Kier molecular flexibility index (Phi) is 11.6. The van der Waals surface area contributed by atoms with Crippen LogP contribution < -0.4 is 15.8 Å². The van der Waals surface area contributed by atoms with Crippen molar-refractivity contribution in [1.82, 2.24) is 5.32 Å². The number of esters is 1. The summed E-state index contributed by atoms with van der Waals surface area (Å²) >= 11 is 0. The van der Waals surface area contributed by atoms with Gasteiger partial charge in [0.1, 0.15) is 5.75 Å². The van der Waals surface area contributed by atoms with E-state index in [-0.39, 0.29) is 44.3 Å². The van der Waals surface area contributed by atoms with E-state index in [9.17, 15) is 19.2 Å². The summed E-state index contributed by atoms with van der Waals surface area (Å²) < 4.78 is 14.8. The number of hydrogen-bond acceptors (Lipinski definition) is 9. The highest BCUT2D eigenvalue weighted by Gasteiger charge is 2.21. The van der Waals surface area contributed by atoms with Crippen molar-refractivity contribution in [3.63, 3.8) is 0 Å². The summed E-state index contributed by atoms with van der Waals surface area (Å²) in [6, 6.07) is 12.2. The van der Waals surface area contributed by atoms with Gasteiger partial charge in [-0.1, -0.05) is 36.3 Å². The quantitative estimate of drug-likeness (QED) is 0.135. The van der Waals surface area contributed by atoms with Gasteiger partial charge in [-0.3, -0.25) is 14.4 Å². The number of amidine groups is 1. The van der Waals surface area contributed by atoms with Gasteiger partial charge in [0, 0.05) is 17.5 Å². The van der Waals surface area contributed by atoms with Crippen LogP contribution in [0.25, 0.3) is 0 Å². The van der Waals surface area contributed by atoms with Gasteiger partial charge >= 0.3 is 12.1 Å². The third kappa shape index (κ3) is 9.63. The first-order valence-electron chi connectivity index (χ1n) is 11.8. The number of carbonyl (C=O) groups is 4. The molecular weight excluding hydrogens is 482 g/mol. The Bertz CT molecular complexity index is 1100. The van der Waals surface area contributed by atoms with Crippen molar-refractivity contribution in [2.75, 3.05) is 19.8 Å². The lowest BCUT2D eigenvalue weighted by Crippen LogP contribution is -2.42. The molecule has 1 atom stereocenters. The van der Waals surface area contributed by atoms with Gasteiger partial charge in [0.2, 0.25) is 0 Å². The molecule has 11 heteroatoms. The van der Waals surface area contributed by atoms with Crippen molar-refractivity contribution in [1.29, 1.82) is 0 Å². The molecule has 1 amide bonds. The lowest BCUT2D eigenvalue weighted by Gasteiger charge is -2.18. The lowest BCUT2D eigenvalue weighted by atomic mass is 10.00. The molecule has 0 aliphatic heterocycles. The maximum Gasteiger partial charge on any atom is 0.535 e. The van der Waals surface area contributed by atoms with E-state index in [4.69, 9.17) is 15.2 Å². The highest BCUT2D eigenvalue weighted by Crippen LogP contribution is 2.15. The first-order valence-corrected chi connectivity index (χ1v) is 11.8. The Morgan fingerprint density at radius 3 is 2.11 bits per heavy atom. The Morgan fingerprint density at radius 2 is 1.51 bits per heavy atom. The summed E-state index contributed by atoms with van der Waals surface area (Å²) in [7, 11) is 0. The van der Waals surface area contributed by atoms with Crippen LogP contribution in [-0.4, -0.2) is 55.5 Å². The number of benzene rings is 2. The molecule has 2 aromatic carbocycles. The number of nitrogens with two attached hydrogens (primary N) is 1. The number of Topliss-reactive ketones (excluding diaryl/α,β-unsaturated/α-hetero) is 1. The van der Waals surface area contributed by atoms with Gasteiger partial charge in [0.15, 0.2) is 18.2 Å². The molecule has 2 rings (SSSR count). The number of nitrogens with one attached hydrogen (secondary N) is 1. The zero-order valence-electron chi connectivity index (χ0n) is 21.0. The van der Waals surface area contributed by atoms with Crippen LogP contribution >= 0.6 is 0 Å². The molecule has 0 saturated carbocycles. The smallest absolute Gasteiger partial charge is 0.482 e. The molecule has 0 aliphatic rings. The van der Waals surface area contributed by atoms with Crippen LogP contribution in [0.3, 0.4) is 0 Å². The predicted molar refractivity (Wildman–Crippen MR) is 134 cm³/mol. The van der Waals surface area contributed by atoms with Gasteiger partial charge in [-0.05, 0) is 50.1 Å². The lowest BCUT2D eigenvalue weighted by molar-refractivity contribution is -0.145. The third-order valence-corrected chi connectivity index (χ3v) is 4.99. The van der Waals surface area contributed by atoms with E-state index in [0.717, 1.165) is 5.56 Å². The average molecular weight is 514 g/mol. The van der Waals surface area contributed by atoms with Crippen molar-refractivity contribution >= 4 is 29.7 Å². The maximum atomic E-state index is 12.8. The van der Waals surface area contributed by atoms with Gasteiger partial charge < -0.3 is 25.3 Å². The first kappa shape index (κ1) is 28.8. The molecular formula is C26H31N3O8. The molecule has 0 saturated heterocycles. The second-order valence-electron chi connectivity index (χ2n) is 7.62. The van der Waals surface area contributed by atoms with Gasteiger partial charge in [-0.15, -0.1) is 0 Å². The largest absolute Gasteiger partial charge is 0.535 e. The SMILES string of the molecule is CCOC(=O)COc1ccc(C[C@@H](NC(=O)c2ccc(C(N)=NOC(=O)OCC)cc2)C(=O)CC)cc1. The van der Waals surface area contributed by atoms with Crippen LogP contribution in [0.15, 0.2) is 53.7 Å². The number of nitrogens with zero attached hydrogens (tertiary/aromatic N) is 1. The van der Waals surface area contributed by atoms with Crippen LogP contribution in [0.5, 0.6) is 5.75 Å². The van der Waals surface area contributed by atoms with E-state index in [1.165, 1.54) is 24.3 Å². The highest BCUT2D eigenvalue weighted by atomic mass is 16.8. The fourth-order valence-electron chi connectivity index (χ4n) is 3.11. The fraction of sp³-hybridized carbons (Fsp3) is 0.346. The van der Waals surface area contributed by atoms with E-state index in [0.29, 0.717) is 16.9 Å². The summed E-state index contributed by atoms with van der Waals surface area (Å²) in [4.78, 5) is 52.5. The van der Waals surface area contributed by atoms with Crippen molar-refractivity contribution in [3.05, 3.63) is 65.2 Å². The Labute approximate surface area is 214 Å². The van der Waals surface area contributed by atoms with E-state index in [2.05, 4.69) is 20.0 Å². The van der Waals surface area contributed by atoms with Crippen LogP contribution in [0.2, 0.25) is 0 Å². The monoisotopic (exact) mass is 513 g/mol. The molecule has 0 aliphatic carbocycles. The zero-order chi connectivity index (χ0) is 27.2. The molecule has 3 N–H and O–H groups in total. The van der Waals surface area contributed by atoms with Gasteiger partial charge in [-0.25, -0.2) is 9.59 Å². The molecule has 0 bridgehead atoms. The molecule has 2 aromatic rings. The van der Waals surface area contributed by atoms with Crippen molar-refractivity contribution in [2.45, 2.75) is 39.7 Å². The summed E-state index contributed by atoms with van der Waals surface area (Å²) in [5.41, 5.74) is 7.32. The number of rotatable bonds is 13. The van der Waals surface area contributed by atoms with Crippen LogP contribution in [0.4, 0.5) is 4.79 Å². The van der Waals surface area contributed by atoms with E-state index < -0.39 is 24.1 Å². The van der Waals surface area contributed by atoms with Crippen LogP contribution in [0, 0.1) is 0 Å². The molecule has 11 nitrogen and oxygen atoms in total. The summed E-state index contributed by atoms with van der Waals surface area (Å²) in [6.07, 6.45) is -0.454. The Balaban J connectivity index is 2.01. The first-order chi connectivity index (χ1) is 17.8. The molecule has 0 fully saturated rings.